The number of amides is 1. The number of carbonyl (C=O) groups is 1. The Morgan fingerprint density at radius 1 is 1.18 bits per heavy atom. The van der Waals surface area contributed by atoms with Crippen LogP contribution in [0.2, 0.25) is 0 Å². The van der Waals surface area contributed by atoms with Crippen molar-refractivity contribution in [2.45, 2.75) is 6.42 Å². The molecule has 0 fully saturated rings. The molecule has 3 heteroatoms. The molecule has 88 valence electrons. The third kappa shape index (κ3) is 2.61. The molecule has 0 saturated heterocycles. The van der Waals surface area contributed by atoms with Crippen LogP contribution in [-0.4, -0.2) is 18.7 Å². The molecule has 2 aromatic rings. The van der Waals surface area contributed by atoms with Gasteiger partial charge in [0.15, 0.2) is 0 Å². The van der Waals surface area contributed by atoms with E-state index in [-0.39, 0.29) is 5.91 Å². The molecule has 0 saturated carbocycles. The standard InChI is InChI=1S/C14H15NOS/c1-15(14(16)8-9-17)13-7-6-11-4-2-3-5-12(11)10-13/h2-7,10,17H,8-9H2,1H3. The summed E-state index contributed by atoms with van der Waals surface area (Å²) in [6.45, 7) is 0. The molecule has 0 aliphatic heterocycles. The Balaban J connectivity index is 2.32. The summed E-state index contributed by atoms with van der Waals surface area (Å²) in [7, 11) is 1.80. The SMILES string of the molecule is CN(C(=O)CCS)c1ccc2ccccc2c1. The van der Waals surface area contributed by atoms with Gasteiger partial charge < -0.3 is 4.90 Å². The maximum absolute atomic E-state index is 11.8. The van der Waals surface area contributed by atoms with Crippen molar-refractivity contribution >= 4 is 35.0 Å². The monoisotopic (exact) mass is 245 g/mol. The van der Waals surface area contributed by atoms with Crippen molar-refractivity contribution < 1.29 is 4.79 Å². The van der Waals surface area contributed by atoms with E-state index in [0.29, 0.717) is 12.2 Å². The van der Waals surface area contributed by atoms with Crippen LogP contribution < -0.4 is 4.90 Å². The lowest BCUT2D eigenvalue weighted by Gasteiger charge is -2.17. The zero-order chi connectivity index (χ0) is 12.3. The largest absolute Gasteiger partial charge is 0.315 e. The van der Waals surface area contributed by atoms with Gasteiger partial charge >= 0.3 is 0 Å². The Hall–Kier alpha value is -1.48. The number of thiol groups is 1. The number of hydrogen-bond acceptors (Lipinski definition) is 2. The number of carbonyl (C=O) groups excluding carboxylic acids is 1. The molecule has 0 aromatic heterocycles. The normalized spacial score (nSPS) is 10.5. The number of anilines is 1. The van der Waals surface area contributed by atoms with Gasteiger partial charge in [0.25, 0.3) is 0 Å². The highest BCUT2D eigenvalue weighted by Crippen LogP contribution is 2.21. The van der Waals surface area contributed by atoms with Crippen LogP contribution >= 0.6 is 12.6 Å². The Labute approximate surface area is 107 Å². The van der Waals surface area contributed by atoms with E-state index in [2.05, 4.69) is 24.8 Å². The quantitative estimate of drug-likeness (QED) is 0.824. The predicted molar refractivity (Wildman–Crippen MR) is 75.8 cm³/mol. The molecule has 0 radical (unpaired) electrons. The molecule has 0 bridgehead atoms. The van der Waals surface area contributed by atoms with E-state index in [9.17, 15) is 4.79 Å². The third-order valence-corrected chi connectivity index (χ3v) is 3.04. The minimum absolute atomic E-state index is 0.0929. The maximum atomic E-state index is 11.8. The Bertz CT molecular complexity index is 538. The average Bonchev–Trinajstić information content (AvgIpc) is 2.37. The fraction of sp³-hybridized carbons (Fsp3) is 0.214. The van der Waals surface area contributed by atoms with Gasteiger partial charge in [-0.25, -0.2) is 0 Å². The van der Waals surface area contributed by atoms with Crippen molar-refractivity contribution in [3.05, 3.63) is 42.5 Å². The van der Waals surface area contributed by atoms with Crippen molar-refractivity contribution in [3.8, 4) is 0 Å². The number of fused-ring (bicyclic) bond motifs is 1. The van der Waals surface area contributed by atoms with Gasteiger partial charge in [-0.1, -0.05) is 30.3 Å². The fourth-order valence-corrected chi connectivity index (χ4v) is 1.98. The lowest BCUT2D eigenvalue weighted by atomic mass is 10.1. The van der Waals surface area contributed by atoms with E-state index >= 15 is 0 Å². The second kappa shape index (κ2) is 5.23. The Morgan fingerprint density at radius 2 is 1.88 bits per heavy atom. The number of benzene rings is 2. The van der Waals surface area contributed by atoms with E-state index in [4.69, 9.17) is 0 Å². The summed E-state index contributed by atoms with van der Waals surface area (Å²) < 4.78 is 0. The van der Waals surface area contributed by atoms with Crippen LogP contribution in [0.5, 0.6) is 0 Å². The second-order valence-electron chi connectivity index (χ2n) is 3.96. The molecule has 0 unspecified atom stereocenters. The van der Waals surface area contributed by atoms with Gasteiger partial charge in [0.1, 0.15) is 0 Å². The van der Waals surface area contributed by atoms with Crippen LogP contribution in [0, 0.1) is 0 Å². The summed E-state index contributed by atoms with van der Waals surface area (Å²) >= 11 is 4.08. The third-order valence-electron chi connectivity index (χ3n) is 2.82. The second-order valence-corrected chi connectivity index (χ2v) is 4.41. The summed E-state index contributed by atoms with van der Waals surface area (Å²) in [6.07, 6.45) is 0.465. The summed E-state index contributed by atoms with van der Waals surface area (Å²) in [5.74, 6) is 0.673. The number of rotatable bonds is 3. The summed E-state index contributed by atoms with van der Waals surface area (Å²) in [6, 6.07) is 14.2. The minimum Gasteiger partial charge on any atom is -0.315 e. The first-order valence-electron chi connectivity index (χ1n) is 5.58. The predicted octanol–water partition coefficient (Wildman–Crippen LogP) is 3.12. The van der Waals surface area contributed by atoms with Crippen LogP contribution in [0.15, 0.2) is 42.5 Å². The number of hydrogen-bond donors (Lipinski definition) is 1. The molecule has 2 aromatic carbocycles. The van der Waals surface area contributed by atoms with Gasteiger partial charge in [0.2, 0.25) is 5.91 Å². The molecule has 2 rings (SSSR count). The zero-order valence-corrected chi connectivity index (χ0v) is 10.7. The van der Waals surface area contributed by atoms with Gasteiger partial charge in [-0.3, -0.25) is 4.79 Å². The van der Waals surface area contributed by atoms with Crippen molar-refractivity contribution in [1.29, 1.82) is 0 Å². The van der Waals surface area contributed by atoms with Crippen molar-refractivity contribution in [1.82, 2.24) is 0 Å². The van der Waals surface area contributed by atoms with Crippen molar-refractivity contribution in [2.24, 2.45) is 0 Å². The molecule has 0 aliphatic carbocycles. The fourth-order valence-electron chi connectivity index (χ4n) is 1.79. The van der Waals surface area contributed by atoms with Gasteiger partial charge in [0.05, 0.1) is 0 Å². The topological polar surface area (TPSA) is 20.3 Å². The van der Waals surface area contributed by atoms with Crippen LogP contribution in [0.1, 0.15) is 6.42 Å². The minimum atomic E-state index is 0.0929. The van der Waals surface area contributed by atoms with Crippen LogP contribution in [-0.2, 0) is 4.79 Å². The molecule has 1 amide bonds. The highest BCUT2D eigenvalue weighted by atomic mass is 32.1. The molecule has 0 heterocycles. The smallest absolute Gasteiger partial charge is 0.227 e. The number of nitrogens with zero attached hydrogens (tertiary/aromatic N) is 1. The van der Waals surface area contributed by atoms with Gasteiger partial charge in [-0.05, 0) is 28.7 Å². The summed E-state index contributed by atoms with van der Waals surface area (Å²) in [5.41, 5.74) is 0.926. The van der Waals surface area contributed by atoms with Crippen LogP contribution in [0.4, 0.5) is 5.69 Å². The molecular weight excluding hydrogens is 230 g/mol. The van der Waals surface area contributed by atoms with E-state index in [1.807, 2.05) is 30.3 Å². The van der Waals surface area contributed by atoms with Crippen molar-refractivity contribution in [2.75, 3.05) is 17.7 Å². The maximum Gasteiger partial charge on any atom is 0.227 e. The molecule has 0 N–H and O–H groups in total. The highest BCUT2D eigenvalue weighted by molar-refractivity contribution is 7.80. The molecular formula is C14H15NOS. The first-order chi connectivity index (χ1) is 8.22. The van der Waals surface area contributed by atoms with E-state index < -0.39 is 0 Å². The van der Waals surface area contributed by atoms with Gasteiger partial charge in [-0.15, -0.1) is 0 Å². The Morgan fingerprint density at radius 3 is 2.59 bits per heavy atom. The van der Waals surface area contributed by atoms with Crippen LogP contribution in [0.25, 0.3) is 10.8 Å². The van der Waals surface area contributed by atoms with Crippen molar-refractivity contribution in [3.63, 3.8) is 0 Å². The summed E-state index contributed by atoms with van der Waals surface area (Å²) in [4.78, 5) is 13.4. The molecule has 0 atom stereocenters. The van der Waals surface area contributed by atoms with E-state index in [1.54, 1.807) is 11.9 Å². The lowest BCUT2D eigenvalue weighted by molar-refractivity contribution is -0.117. The zero-order valence-electron chi connectivity index (χ0n) is 9.76. The molecule has 17 heavy (non-hydrogen) atoms. The highest BCUT2D eigenvalue weighted by Gasteiger charge is 2.09. The van der Waals surface area contributed by atoms with E-state index in [0.717, 1.165) is 11.1 Å². The first kappa shape index (κ1) is 12.0. The van der Waals surface area contributed by atoms with Gasteiger partial charge in [-0.2, -0.15) is 12.6 Å². The van der Waals surface area contributed by atoms with E-state index in [1.165, 1.54) is 5.39 Å². The lowest BCUT2D eigenvalue weighted by Crippen LogP contribution is -2.26. The van der Waals surface area contributed by atoms with Gasteiger partial charge in [0, 0.05) is 19.2 Å². The Kier molecular flexibility index (Phi) is 3.69. The average molecular weight is 245 g/mol. The first-order valence-corrected chi connectivity index (χ1v) is 6.22. The van der Waals surface area contributed by atoms with Crippen LogP contribution in [0.3, 0.4) is 0 Å². The molecule has 0 aliphatic rings. The molecule has 0 spiro atoms. The molecule has 2 nitrogen and oxygen atoms in total. The summed E-state index contributed by atoms with van der Waals surface area (Å²) in [5, 5.41) is 2.34.